The lowest BCUT2D eigenvalue weighted by molar-refractivity contribution is 0.0921. The van der Waals surface area contributed by atoms with E-state index in [1.54, 1.807) is 42.5 Å². The number of rotatable bonds is 4. The number of benzene rings is 2. The third kappa shape index (κ3) is 2.56. The maximum atomic E-state index is 12.0. The first kappa shape index (κ1) is 12.8. The summed E-state index contributed by atoms with van der Waals surface area (Å²) < 4.78 is 15.9. The fraction of sp³-hybridized carbons (Fsp3) is 0.133. The molecule has 1 heterocycles. The minimum atomic E-state index is -0.173. The van der Waals surface area contributed by atoms with Crippen molar-refractivity contribution in [1.82, 2.24) is 0 Å². The van der Waals surface area contributed by atoms with Crippen molar-refractivity contribution in [3.8, 4) is 17.2 Å². The number of fused-ring (bicyclic) bond motifs is 1. The molecule has 0 unspecified atom stereocenters. The molecule has 0 N–H and O–H groups in total. The number of Topliss-reactive ketones (excluding diaryl/α,β-unsaturated/α-hetero) is 1. The largest absolute Gasteiger partial charge is 0.485 e. The number of carbonyl (C=O) groups is 1. The minimum absolute atomic E-state index is 0.0800. The molecule has 0 aliphatic carbocycles. The Bertz CT molecular complexity index is 654. The van der Waals surface area contributed by atoms with Gasteiger partial charge in [0.05, 0.1) is 5.02 Å². The molecule has 2 aromatic carbocycles. The molecule has 0 spiro atoms. The van der Waals surface area contributed by atoms with Crippen molar-refractivity contribution in [3.63, 3.8) is 0 Å². The predicted octanol–water partition coefficient (Wildman–Crippen LogP) is 3.33. The molecule has 1 aliphatic rings. The Labute approximate surface area is 120 Å². The van der Waals surface area contributed by atoms with Gasteiger partial charge in [-0.1, -0.05) is 23.7 Å². The summed E-state index contributed by atoms with van der Waals surface area (Å²) in [5, 5.41) is 0.423. The van der Waals surface area contributed by atoms with Crippen molar-refractivity contribution in [3.05, 3.63) is 53.1 Å². The highest BCUT2D eigenvalue weighted by molar-refractivity contribution is 6.34. The minimum Gasteiger partial charge on any atom is -0.485 e. The van der Waals surface area contributed by atoms with Crippen LogP contribution >= 0.6 is 11.6 Å². The highest BCUT2D eigenvalue weighted by Gasteiger charge is 2.15. The van der Waals surface area contributed by atoms with Gasteiger partial charge in [-0.3, -0.25) is 4.79 Å². The van der Waals surface area contributed by atoms with Crippen LogP contribution in [0.4, 0.5) is 0 Å². The van der Waals surface area contributed by atoms with Crippen LogP contribution in [0.2, 0.25) is 5.02 Å². The first-order chi connectivity index (χ1) is 9.74. The van der Waals surface area contributed by atoms with E-state index in [2.05, 4.69) is 0 Å². The molecule has 3 rings (SSSR count). The number of hydrogen-bond donors (Lipinski definition) is 0. The Kier molecular flexibility index (Phi) is 3.48. The maximum absolute atomic E-state index is 12.0. The van der Waals surface area contributed by atoms with E-state index < -0.39 is 0 Å². The summed E-state index contributed by atoms with van der Waals surface area (Å²) in [4.78, 5) is 12.0. The molecule has 5 heteroatoms. The summed E-state index contributed by atoms with van der Waals surface area (Å²) in [5.41, 5.74) is 0.454. The molecule has 0 aromatic heterocycles. The van der Waals surface area contributed by atoms with Crippen molar-refractivity contribution in [2.75, 3.05) is 13.4 Å². The third-order valence-electron chi connectivity index (χ3n) is 2.89. The fourth-order valence-corrected chi connectivity index (χ4v) is 2.12. The van der Waals surface area contributed by atoms with Gasteiger partial charge in [-0.05, 0) is 24.3 Å². The van der Waals surface area contributed by atoms with E-state index in [0.29, 0.717) is 27.8 Å². The van der Waals surface area contributed by atoms with E-state index >= 15 is 0 Å². The van der Waals surface area contributed by atoms with Crippen molar-refractivity contribution in [1.29, 1.82) is 0 Å². The van der Waals surface area contributed by atoms with Crippen LogP contribution in [-0.4, -0.2) is 19.2 Å². The van der Waals surface area contributed by atoms with Gasteiger partial charge in [-0.2, -0.15) is 0 Å². The summed E-state index contributed by atoms with van der Waals surface area (Å²) in [6.45, 7) is 0.126. The highest BCUT2D eigenvalue weighted by atomic mass is 35.5. The topological polar surface area (TPSA) is 44.8 Å². The lowest BCUT2D eigenvalue weighted by Gasteiger charge is -2.07. The Balaban J connectivity index is 1.68. The average Bonchev–Trinajstić information content (AvgIpc) is 2.92. The van der Waals surface area contributed by atoms with Crippen molar-refractivity contribution in [2.24, 2.45) is 0 Å². The van der Waals surface area contributed by atoms with Crippen LogP contribution in [0.3, 0.4) is 0 Å². The number of ether oxygens (including phenoxy) is 3. The zero-order chi connectivity index (χ0) is 13.9. The smallest absolute Gasteiger partial charge is 0.231 e. The molecule has 0 saturated carbocycles. The molecule has 0 saturated heterocycles. The predicted molar refractivity (Wildman–Crippen MR) is 73.8 cm³/mol. The van der Waals surface area contributed by atoms with Crippen LogP contribution < -0.4 is 14.2 Å². The summed E-state index contributed by atoms with van der Waals surface area (Å²) in [6, 6.07) is 12.1. The third-order valence-corrected chi connectivity index (χ3v) is 3.22. The lowest BCUT2D eigenvalue weighted by Crippen LogP contribution is -2.12. The van der Waals surface area contributed by atoms with Crippen molar-refractivity contribution < 1.29 is 19.0 Å². The van der Waals surface area contributed by atoms with Gasteiger partial charge in [0.2, 0.25) is 12.6 Å². The van der Waals surface area contributed by atoms with E-state index in [1.165, 1.54) is 0 Å². The first-order valence-corrected chi connectivity index (χ1v) is 6.42. The molecular formula is C15H11ClO4. The second-order valence-corrected chi connectivity index (χ2v) is 4.61. The van der Waals surface area contributed by atoms with Crippen LogP contribution in [0.5, 0.6) is 17.2 Å². The van der Waals surface area contributed by atoms with Crippen LogP contribution in [-0.2, 0) is 0 Å². The first-order valence-electron chi connectivity index (χ1n) is 6.04. The van der Waals surface area contributed by atoms with Crippen LogP contribution in [0, 0.1) is 0 Å². The van der Waals surface area contributed by atoms with Gasteiger partial charge in [0, 0.05) is 11.6 Å². The summed E-state index contributed by atoms with van der Waals surface area (Å²) >= 11 is 5.96. The Morgan fingerprint density at radius 1 is 1.15 bits per heavy atom. The Morgan fingerprint density at radius 2 is 1.95 bits per heavy atom. The maximum Gasteiger partial charge on any atom is 0.231 e. The quantitative estimate of drug-likeness (QED) is 0.810. The molecule has 102 valence electrons. The Hall–Kier alpha value is -2.20. The second-order valence-electron chi connectivity index (χ2n) is 4.21. The van der Waals surface area contributed by atoms with Crippen molar-refractivity contribution >= 4 is 17.4 Å². The number of carbonyl (C=O) groups excluding carboxylic acids is 1. The standard InChI is InChI=1S/C15H11ClO4/c16-12-4-2-1-3-11(12)13(17)8-18-10-5-6-14-15(7-10)20-9-19-14/h1-7H,8-9H2. The van der Waals surface area contributed by atoms with Crippen LogP contribution in [0.25, 0.3) is 0 Å². The SMILES string of the molecule is O=C(COc1ccc2c(c1)OCO2)c1ccccc1Cl. The summed E-state index contributed by atoms with van der Waals surface area (Å²) in [7, 11) is 0. The monoisotopic (exact) mass is 290 g/mol. The van der Waals surface area contributed by atoms with Gasteiger partial charge in [-0.15, -0.1) is 0 Å². The lowest BCUT2D eigenvalue weighted by atomic mass is 10.1. The molecule has 20 heavy (non-hydrogen) atoms. The second kappa shape index (κ2) is 5.43. The normalized spacial score (nSPS) is 12.2. The van der Waals surface area contributed by atoms with E-state index in [4.69, 9.17) is 25.8 Å². The summed E-state index contributed by atoms with van der Waals surface area (Å²) in [6.07, 6.45) is 0. The molecular weight excluding hydrogens is 280 g/mol. The fourth-order valence-electron chi connectivity index (χ4n) is 1.88. The van der Waals surface area contributed by atoms with Gasteiger partial charge in [0.1, 0.15) is 5.75 Å². The van der Waals surface area contributed by atoms with Crippen LogP contribution in [0.1, 0.15) is 10.4 Å². The molecule has 0 amide bonds. The summed E-state index contributed by atoms with van der Waals surface area (Å²) in [5.74, 6) is 1.67. The Morgan fingerprint density at radius 3 is 2.80 bits per heavy atom. The van der Waals surface area contributed by atoms with Gasteiger partial charge in [-0.25, -0.2) is 0 Å². The average molecular weight is 291 g/mol. The van der Waals surface area contributed by atoms with E-state index in [-0.39, 0.29) is 19.2 Å². The molecule has 0 radical (unpaired) electrons. The van der Waals surface area contributed by atoms with Gasteiger partial charge >= 0.3 is 0 Å². The van der Waals surface area contributed by atoms with Gasteiger partial charge in [0.25, 0.3) is 0 Å². The van der Waals surface area contributed by atoms with Crippen molar-refractivity contribution in [2.45, 2.75) is 0 Å². The van der Waals surface area contributed by atoms with E-state index in [9.17, 15) is 4.79 Å². The molecule has 0 atom stereocenters. The number of hydrogen-bond acceptors (Lipinski definition) is 4. The molecule has 1 aliphatic heterocycles. The van der Waals surface area contributed by atoms with Crippen LogP contribution in [0.15, 0.2) is 42.5 Å². The molecule has 2 aromatic rings. The van der Waals surface area contributed by atoms with Gasteiger partial charge < -0.3 is 14.2 Å². The molecule has 0 bridgehead atoms. The zero-order valence-corrected chi connectivity index (χ0v) is 11.2. The number of ketones is 1. The van der Waals surface area contributed by atoms with E-state index in [0.717, 1.165) is 0 Å². The number of halogens is 1. The van der Waals surface area contributed by atoms with Gasteiger partial charge in [0.15, 0.2) is 18.1 Å². The molecule has 4 nitrogen and oxygen atoms in total. The highest BCUT2D eigenvalue weighted by Crippen LogP contribution is 2.35. The zero-order valence-electron chi connectivity index (χ0n) is 10.5. The van der Waals surface area contributed by atoms with E-state index in [1.807, 2.05) is 0 Å². The molecule has 0 fully saturated rings.